The van der Waals surface area contributed by atoms with E-state index in [1.54, 1.807) is 6.92 Å². The van der Waals surface area contributed by atoms with E-state index in [1.807, 2.05) is 11.8 Å². The van der Waals surface area contributed by atoms with Crippen molar-refractivity contribution in [1.82, 2.24) is 20.4 Å². The number of thioether (sulfide) groups is 1. The molecule has 18 heavy (non-hydrogen) atoms. The Kier molecular flexibility index (Phi) is 4.48. The van der Waals surface area contributed by atoms with Gasteiger partial charge in [-0.1, -0.05) is 0 Å². The fourth-order valence-corrected chi connectivity index (χ4v) is 2.83. The number of aromatic nitrogens is 2. The Hall–Kier alpha value is -1.21. The molecule has 0 saturated carbocycles. The van der Waals surface area contributed by atoms with Crippen LogP contribution in [-0.4, -0.2) is 58.7 Å². The number of anilines is 1. The average molecular weight is 269 g/mol. The molecular formula is C11H19N5OS. The molecule has 1 aliphatic rings. The highest BCUT2D eigenvalue weighted by Gasteiger charge is 2.15. The van der Waals surface area contributed by atoms with Crippen molar-refractivity contribution in [2.75, 3.05) is 43.4 Å². The Bertz CT molecular complexity index is 414. The van der Waals surface area contributed by atoms with Crippen LogP contribution >= 0.6 is 11.8 Å². The smallest absolute Gasteiger partial charge is 0.273 e. The highest BCUT2D eigenvalue weighted by atomic mass is 32.2. The summed E-state index contributed by atoms with van der Waals surface area (Å²) in [7, 11) is 0. The molecule has 100 valence electrons. The first-order chi connectivity index (χ1) is 8.68. The molecule has 0 aliphatic carbocycles. The van der Waals surface area contributed by atoms with Gasteiger partial charge in [0.05, 0.1) is 11.4 Å². The van der Waals surface area contributed by atoms with Crippen LogP contribution in [-0.2, 0) is 0 Å². The van der Waals surface area contributed by atoms with Gasteiger partial charge in [-0.05, 0) is 6.92 Å². The van der Waals surface area contributed by atoms with Gasteiger partial charge in [-0.25, -0.2) is 0 Å². The molecule has 1 fully saturated rings. The van der Waals surface area contributed by atoms with E-state index in [4.69, 9.17) is 5.73 Å². The maximum absolute atomic E-state index is 11.8. The number of hydrogen-bond acceptors (Lipinski definition) is 5. The van der Waals surface area contributed by atoms with Crippen LogP contribution in [0.1, 0.15) is 16.2 Å². The van der Waals surface area contributed by atoms with Gasteiger partial charge < -0.3 is 11.1 Å². The van der Waals surface area contributed by atoms with Crippen LogP contribution < -0.4 is 11.1 Å². The summed E-state index contributed by atoms with van der Waals surface area (Å²) in [5.74, 6) is 2.15. The molecule has 1 aliphatic heterocycles. The third-order valence-corrected chi connectivity index (χ3v) is 3.97. The number of aryl methyl sites for hydroxylation is 1. The first-order valence-corrected chi connectivity index (χ1v) is 7.22. The molecular weight excluding hydrogens is 250 g/mol. The molecule has 2 rings (SSSR count). The van der Waals surface area contributed by atoms with E-state index < -0.39 is 0 Å². The number of amides is 1. The number of H-pyrrole nitrogens is 1. The molecule has 4 N–H and O–H groups in total. The third kappa shape index (κ3) is 3.17. The van der Waals surface area contributed by atoms with Crippen LogP contribution in [0.5, 0.6) is 0 Å². The molecule has 0 radical (unpaired) electrons. The predicted octanol–water partition coefficient (Wildman–Crippen LogP) is 0.0789. The Labute approximate surface area is 111 Å². The minimum absolute atomic E-state index is 0.205. The van der Waals surface area contributed by atoms with Crippen molar-refractivity contribution in [3.8, 4) is 0 Å². The minimum Gasteiger partial charge on any atom is -0.395 e. The van der Waals surface area contributed by atoms with Crippen LogP contribution in [0.2, 0.25) is 0 Å². The molecule has 0 spiro atoms. The van der Waals surface area contributed by atoms with Gasteiger partial charge in [0.1, 0.15) is 0 Å². The van der Waals surface area contributed by atoms with E-state index in [9.17, 15) is 4.79 Å². The van der Waals surface area contributed by atoms with Gasteiger partial charge in [0, 0.05) is 37.7 Å². The fraction of sp³-hybridized carbons (Fsp3) is 0.636. The Morgan fingerprint density at radius 3 is 2.89 bits per heavy atom. The van der Waals surface area contributed by atoms with E-state index in [0.29, 0.717) is 17.9 Å². The second-order valence-electron chi connectivity index (χ2n) is 4.32. The van der Waals surface area contributed by atoms with Crippen molar-refractivity contribution in [2.45, 2.75) is 6.92 Å². The monoisotopic (exact) mass is 269 g/mol. The first kappa shape index (κ1) is 13.2. The number of aromatic amines is 1. The molecule has 6 nitrogen and oxygen atoms in total. The normalized spacial score (nSPS) is 16.7. The predicted molar refractivity (Wildman–Crippen MR) is 73.8 cm³/mol. The van der Waals surface area contributed by atoms with Gasteiger partial charge in [0.2, 0.25) is 0 Å². The van der Waals surface area contributed by atoms with E-state index in [2.05, 4.69) is 20.4 Å². The van der Waals surface area contributed by atoms with Gasteiger partial charge in [-0.2, -0.15) is 16.9 Å². The van der Waals surface area contributed by atoms with E-state index in [1.165, 1.54) is 11.5 Å². The molecule has 1 aromatic heterocycles. The summed E-state index contributed by atoms with van der Waals surface area (Å²) in [6.45, 7) is 5.52. The quantitative estimate of drug-likeness (QED) is 0.720. The van der Waals surface area contributed by atoms with E-state index >= 15 is 0 Å². The molecule has 0 bridgehead atoms. The fourth-order valence-electron chi connectivity index (χ4n) is 1.85. The van der Waals surface area contributed by atoms with Crippen molar-refractivity contribution in [1.29, 1.82) is 0 Å². The van der Waals surface area contributed by atoms with Crippen molar-refractivity contribution >= 4 is 23.4 Å². The van der Waals surface area contributed by atoms with E-state index in [-0.39, 0.29) is 5.91 Å². The first-order valence-electron chi connectivity index (χ1n) is 6.07. The second kappa shape index (κ2) is 6.10. The van der Waals surface area contributed by atoms with Gasteiger partial charge in [0.25, 0.3) is 5.91 Å². The summed E-state index contributed by atoms with van der Waals surface area (Å²) >= 11 is 1.98. The summed E-state index contributed by atoms with van der Waals surface area (Å²) in [6, 6.07) is 0. The van der Waals surface area contributed by atoms with Gasteiger partial charge in [-0.15, -0.1) is 0 Å². The maximum atomic E-state index is 11.8. The molecule has 0 aromatic carbocycles. The minimum atomic E-state index is -0.205. The highest BCUT2D eigenvalue weighted by molar-refractivity contribution is 7.99. The highest BCUT2D eigenvalue weighted by Crippen LogP contribution is 2.12. The maximum Gasteiger partial charge on any atom is 0.273 e. The zero-order chi connectivity index (χ0) is 13.0. The lowest BCUT2D eigenvalue weighted by atomic mass is 10.3. The molecule has 0 atom stereocenters. The van der Waals surface area contributed by atoms with Crippen LogP contribution in [0.15, 0.2) is 0 Å². The number of nitrogens with one attached hydrogen (secondary N) is 2. The van der Waals surface area contributed by atoms with Crippen molar-refractivity contribution in [3.05, 3.63) is 11.4 Å². The summed E-state index contributed by atoms with van der Waals surface area (Å²) in [5.41, 5.74) is 7.21. The second-order valence-corrected chi connectivity index (χ2v) is 5.55. The zero-order valence-corrected chi connectivity index (χ0v) is 11.3. The lowest BCUT2D eigenvalue weighted by Gasteiger charge is -2.25. The van der Waals surface area contributed by atoms with Crippen molar-refractivity contribution < 1.29 is 4.79 Å². The van der Waals surface area contributed by atoms with Crippen molar-refractivity contribution in [2.24, 2.45) is 0 Å². The number of nitrogen functional groups attached to an aromatic ring is 1. The number of nitrogens with two attached hydrogens (primary N) is 1. The molecule has 2 heterocycles. The summed E-state index contributed by atoms with van der Waals surface area (Å²) < 4.78 is 0. The third-order valence-electron chi connectivity index (χ3n) is 3.03. The molecule has 1 aromatic rings. The topological polar surface area (TPSA) is 87.0 Å². The van der Waals surface area contributed by atoms with Crippen LogP contribution in [0.4, 0.5) is 5.69 Å². The molecule has 7 heteroatoms. The number of rotatable bonds is 4. The van der Waals surface area contributed by atoms with E-state index in [0.717, 1.165) is 25.3 Å². The lowest BCUT2D eigenvalue weighted by molar-refractivity contribution is 0.0945. The SMILES string of the molecule is Cc1[nH]nc(C(=O)NCCN2CCSCC2)c1N. The molecule has 1 saturated heterocycles. The van der Waals surface area contributed by atoms with Crippen LogP contribution in [0.25, 0.3) is 0 Å². The summed E-state index contributed by atoms with van der Waals surface area (Å²) in [6.07, 6.45) is 0. The average Bonchev–Trinajstić information content (AvgIpc) is 2.71. The van der Waals surface area contributed by atoms with Gasteiger partial charge in [-0.3, -0.25) is 14.8 Å². The largest absolute Gasteiger partial charge is 0.395 e. The molecule has 0 unspecified atom stereocenters. The molecule has 1 amide bonds. The Morgan fingerprint density at radius 2 is 2.28 bits per heavy atom. The summed E-state index contributed by atoms with van der Waals surface area (Å²) in [4.78, 5) is 14.2. The number of carbonyl (C=O) groups is 1. The summed E-state index contributed by atoms with van der Waals surface area (Å²) in [5, 5.41) is 9.46. The van der Waals surface area contributed by atoms with Crippen molar-refractivity contribution in [3.63, 3.8) is 0 Å². The van der Waals surface area contributed by atoms with Crippen LogP contribution in [0.3, 0.4) is 0 Å². The standard InChI is InChI=1S/C11H19N5OS/c1-8-9(12)10(15-14-8)11(17)13-2-3-16-4-6-18-7-5-16/h2-7,12H2,1H3,(H,13,17)(H,14,15). The van der Waals surface area contributed by atoms with Crippen LogP contribution in [0, 0.1) is 6.92 Å². The zero-order valence-electron chi connectivity index (χ0n) is 10.5. The number of nitrogens with zero attached hydrogens (tertiary/aromatic N) is 2. The van der Waals surface area contributed by atoms with Gasteiger partial charge in [0.15, 0.2) is 5.69 Å². The Morgan fingerprint density at radius 1 is 1.56 bits per heavy atom. The lowest BCUT2D eigenvalue weighted by Crippen LogP contribution is -2.39. The Balaban J connectivity index is 1.76. The number of carbonyl (C=O) groups excluding carboxylic acids is 1. The van der Waals surface area contributed by atoms with Gasteiger partial charge >= 0.3 is 0 Å². The number of hydrogen-bond donors (Lipinski definition) is 3.